The maximum atomic E-state index is 13.3. The number of aromatic nitrogens is 1. The largest absolute Gasteiger partial charge is 0.480 e. The van der Waals surface area contributed by atoms with Gasteiger partial charge in [0, 0.05) is 30.1 Å². The van der Waals surface area contributed by atoms with Gasteiger partial charge in [-0.1, -0.05) is 30.3 Å². The lowest BCUT2D eigenvalue weighted by Gasteiger charge is -2.25. The third-order valence-electron chi connectivity index (χ3n) is 6.01. The van der Waals surface area contributed by atoms with E-state index >= 15 is 0 Å². The van der Waals surface area contributed by atoms with Gasteiger partial charge in [0.15, 0.2) is 0 Å². The summed E-state index contributed by atoms with van der Waals surface area (Å²) in [6, 6.07) is 11.6. The Labute approximate surface area is 200 Å². The number of carboxylic acid groups (broad SMARTS) is 1. The summed E-state index contributed by atoms with van der Waals surface area (Å²) < 4.78 is 0. The number of fused-ring (bicyclic) bond motifs is 2. The number of nitrogens with one attached hydrogen (secondary N) is 3. The quantitative estimate of drug-likeness (QED) is 0.207. The van der Waals surface area contributed by atoms with Crippen molar-refractivity contribution in [2.75, 3.05) is 6.61 Å². The molecule has 1 aliphatic rings. The summed E-state index contributed by atoms with van der Waals surface area (Å²) in [4.78, 5) is 53.9. The molecule has 0 saturated heterocycles. The van der Waals surface area contributed by atoms with Crippen LogP contribution >= 0.6 is 0 Å². The summed E-state index contributed by atoms with van der Waals surface area (Å²) in [5.41, 5.74) is 4.82. The van der Waals surface area contributed by atoms with Gasteiger partial charge >= 0.3 is 5.97 Å². The number of para-hydroxylation sites is 1. The Bertz CT molecular complexity index is 1230. The molecule has 0 aliphatic carbocycles. The van der Waals surface area contributed by atoms with E-state index in [0.717, 1.165) is 21.5 Å². The minimum atomic E-state index is -1.21. The molecule has 0 radical (unpaired) electrons. The first-order valence-corrected chi connectivity index (χ1v) is 11.3. The van der Waals surface area contributed by atoms with Gasteiger partial charge in [0.1, 0.15) is 12.1 Å². The average molecular weight is 479 g/mol. The molecule has 10 nitrogen and oxygen atoms in total. The van der Waals surface area contributed by atoms with Crippen LogP contribution in [-0.4, -0.2) is 62.6 Å². The molecule has 2 heterocycles. The molecule has 1 aromatic heterocycles. The Morgan fingerprint density at radius 3 is 2.26 bits per heavy atom. The van der Waals surface area contributed by atoms with E-state index in [2.05, 4.69) is 15.7 Å². The molecular formula is C25H26N4O6. The third-order valence-corrected chi connectivity index (χ3v) is 6.01. The minimum Gasteiger partial charge on any atom is -0.480 e. The average Bonchev–Trinajstić information content (AvgIpc) is 3.37. The van der Waals surface area contributed by atoms with E-state index in [0.29, 0.717) is 12.8 Å². The number of aliphatic hydroxyl groups is 1. The molecule has 182 valence electrons. The van der Waals surface area contributed by atoms with Crippen molar-refractivity contribution >= 4 is 34.6 Å². The first-order valence-electron chi connectivity index (χ1n) is 11.3. The molecule has 1 aliphatic heterocycles. The second-order valence-electron chi connectivity index (χ2n) is 8.36. The highest BCUT2D eigenvalue weighted by molar-refractivity contribution is 6.21. The number of aromatic amines is 1. The summed E-state index contributed by atoms with van der Waals surface area (Å²) in [5.74, 6) is -3.04. The number of carboxylic acids is 1. The maximum Gasteiger partial charge on any atom is 0.326 e. The van der Waals surface area contributed by atoms with Crippen molar-refractivity contribution in [1.82, 2.24) is 20.7 Å². The van der Waals surface area contributed by atoms with Gasteiger partial charge in [0.25, 0.3) is 11.8 Å². The van der Waals surface area contributed by atoms with Crippen LogP contribution in [0.15, 0.2) is 54.7 Å². The summed E-state index contributed by atoms with van der Waals surface area (Å²) in [6.07, 6.45) is 2.78. The van der Waals surface area contributed by atoms with Crippen LogP contribution in [0.4, 0.5) is 0 Å². The van der Waals surface area contributed by atoms with Gasteiger partial charge in [-0.2, -0.15) is 0 Å². The Morgan fingerprint density at radius 1 is 0.943 bits per heavy atom. The summed E-state index contributed by atoms with van der Waals surface area (Å²) in [6.45, 7) is -0.0786. The maximum absolute atomic E-state index is 13.3. The van der Waals surface area contributed by atoms with Gasteiger partial charge < -0.3 is 20.5 Å². The number of hydrogen-bond donors (Lipinski definition) is 5. The highest BCUT2D eigenvalue weighted by Crippen LogP contribution is 2.23. The predicted octanol–water partition coefficient (Wildman–Crippen LogP) is 1.61. The smallest absolute Gasteiger partial charge is 0.326 e. The number of aliphatic hydroxyl groups excluding tert-OH is 1. The van der Waals surface area contributed by atoms with Gasteiger partial charge in [-0.05, 0) is 43.0 Å². The van der Waals surface area contributed by atoms with Crippen LogP contribution in [0.25, 0.3) is 10.9 Å². The zero-order valence-corrected chi connectivity index (χ0v) is 18.9. The zero-order chi connectivity index (χ0) is 24.9. The highest BCUT2D eigenvalue weighted by atomic mass is 16.4. The second kappa shape index (κ2) is 10.5. The lowest BCUT2D eigenvalue weighted by Crippen LogP contribution is -2.57. The number of hydrazine groups is 1. The molecule has 5 N–H and O–H groups in total. The van der Waals surface area contributed by atoms with Crippen LogP contribution in [0, 0.1) is 0 Å². The number of carbonyl (C=O) groups excluding carboxylic acids is 3. The number of aliphatic carboxylic acids is 1. The first-order chi connectivity index (χ1) is 16.9. The highest BCUT2D eigenvalue weighted by Gasteiger charge is 2.38. The Hall–Kier alpha value is -4.02. The Balaban J connectivity index is 1.59. The molecule has 0 saturated carbocycles. The van der Waals surface area contributed by atoms with E-state index in [4.69, 9.17) is 5.11 Å². The van der Waals surface area contributed by atoms with E-state index in [1.54, 1.807) is 18.3 Å². The minimum absolute atomic E-state index is 0.0786. The molecule has 3 amide bonds. The number of imide groups is 1. The normalized spacial score (nSPS) is 14.7. The molecule has 10 heteroatoms. The van der Waals surface area contributed by atoms with E-state index in [-0.39, 0.29) is 30.6 Å². The fraction of sp³-hybridized carbons (Fsp3) is 0.280. The fourth-order valence-corrected chi connectivity index (χ4v) is 4.17. The molecule has 4 rings (SSSR count). The van der Waals surface area contributed by atoms with Crippen LogP contribution in [0.3, 0.4) is 0 Å². The van der Waals surface area contributed by atoms with Crippen LogP contribution in [0.2, 0.25) is 0 Å². The third kappa shape index (κ3) is 5.08. The van der Waals surface area contributed by atoms with Crippen LogP contribution in [0.5, 0.6) is 0 Å². The van der Waals surface area contributed by atoms with E-state index in [9.17, 15) is 24.3 Å². The Morgan fingerprint density at radius 2 is 1.60 bits per heavy atom. The van der Waals surface area contributed by atoms with Gasteiger partial charge in [0.05, 0.1) is 11.1 Å². The van der Waals surface area contributed by atoms with E-state index in [1.807, 2.05) is 24.3 Å². The number of benzene rings is 2. The monoisotopic (exact) mass is 478 g/mol. The van der Waals surface area contributed by atoms with Crippen LogP contribution in [0.1, 0.15) is 45.5 Å². The molecule has 0 fully saturated rings. The number of carbonyl (C=O) groups is 4. The van der Waals surface area contributed by atoms with Crippen molar-refractivity contribution in [2.24, 2.45) is 0 Å². The molecule has 0 spiro atoms. The fourth-order valence-electron chi connectivity index (χ4n) is 4.17. The molecule has 0 unspecified atom stereocenters. The van der Waals surface area contributed by atoms with Gasteiger partial charge in [0.2, 0.25) is 5.91 Å². The molecule has 0 bridgehead atoms. The molecular weight excluding hydrogens is 452 g/mol. The molecule has 2 atom stereocenters. The predicted molar refractivity (Wildman–Crippen MR) is 126 cm³/mol. The number of nitrogens with zero attached hydrogens (tertiary/aromatic N) is 1. The number of hydrogen-bond acceptors (Lipinski definition) is 6. The van der Waals surface area contributed by atoms with Crippen molar-refractivity contribution in [3.05, 3.63) is 71.4 Å². The molecule has 3 aromatic rings. The van der Waals surface area contributed by atoms with Crippen molar-refractivity contribution in [2.45, 2.75) is 37.8 Å². The topological polar surface area (TPSA) is 152 Å². The van der Waals surface area contributed by atoms with E-state index in [1.165, 1.54) is 12.1 Å². The van der Waals surface area contributed by atoms with Gasteiger partial charge in [-0.15, -0.1) is 0 Å². The van der Waals surface area contributed by atoms with Crippen molar-refractivity contribution in [3.63, 3.8) is 0 Å². The number of H-pyrrole nitrogens is 1. The van der Waals surface area contributed by atoms with Crippen molar-refractivity contribution < 1.29 is 29.4 Å². The number of amides is 3. The molecule has 35 heavy (non-hydrogen) atoms. The standard InChI is InChI=1S/C25H26N4O6/c30-12-6-5-11-20(25(34)35)27-22(31)21(13-15-14-26-19-10-4-3-7-16(15)19)28-29-23(32)17-8-1-2-9-18(17)24(29)33/h1-4,7-10,14,20-21,26,28,30H,5-6,11-13H2,(H,27,31)(H,34,35)/t20-,21-/m0/s1. The summed E-state index contributed by atoms with van der Waals surface area (Å²) >= 11 is 0. The summed E-state index contributed by atoms with van der Waals surface area (Å²) in [5, 5.41) is 22.7. The van der Waals surface area contributed by atoms with Gasteiger partial charge in [-0.3, -0.25) is 14.4 Å². The lowest BCUT2D eigenvalue weighted by atomic mass is 10.0. The van der Waals surface area contributed by atoms with Crippen LogP contribution < -0.4 is 10.7 Å². The Kier molecular flexibility index (Phi) is 7.23. The lowest BCUT2D eigenvalue weighted by molar-refractivity contribution is -0.142. The molecule has 2 aromatic carbocycles. The van der Waals surface area contributed by atoms with E-state index < -0.39 is 35.8 Å². The van der Waals surface area contributed by atoms with Crippen molar-refractivity contribution in [3.8, 4) is 0 Å². The number of rotatable bonds is 11. The zero-order valence-electron chi connectivity index (χ0n) is 18.9. The van der Waals surface area contributed by atoms with Crippen molar-refractivity contribution in [1.29, 1.82) is 0 Å². The SMILES string of the molecule is O=C(O)[C@H](CCCCO)NC(=O)[C@H](Cc1c[nH]c2ccccc12)NN1C(=O)c2ccccc2C1=O. The summed E-state index contributed by atoms with van der Waals surface area (Å²) in [7, 11) is 0. The first kappa shape index (κ1) is 24.1. The second-order valence-corrected chi connectivity index (χ2v) is 8.36. The number of unbranched alkanes of at least 4 members (excludes halogenated alkanes) is 1. The van der Waals surface area contributed by atoms with Crippen LogP contribution in [-0.2, 0) is 16.0 Å². The van der Waals surface area contributed by atoms with Gasteiger partial charge in [-0.25, -0.2) is 15.2 Å².